The molecule has 2 aromatic carbocycles. The summed E-state index contributed by atoms with van der Waals surface area (Å²) in [5, 5.41) is 0.996. The number of rotatable bonds is 3. The molecular weight excluding hydrogens is 406 g/mol. The first-order valence-electron chi connectivity index (χ1n) is 8.59. The lowest BCUT2D eigenvalue weighted by atomic mass is 10.2. The topological polar surface area (TPSA) is 57.7 Å². The monoisotopic (exact) mass is 422 g/mol. The van der Waals surface area contributed by atoms with Crippen molar-refractivity contribution in [3.63, 3.8) is 0 Å². The molecule has 0 atom stereocenters. The van der Waals surface area contributed by atoms with Crippen molar-refractivity contribution in [1.82, 2.24) is 9.21 Å². The van der Waals surface area contributed by atoms with E-state index in [1.54, 1.807) is 4.90 Å². The van der Waals surface area contributed by atoms with Crippen LogP contribution in [0.5, 0.6) is 0 Å². The van der Waals surface area contributed by atoms with Crippen LogP contribution < -0.4 is 0 Å². The number of halogens is 2. The van der Waals surface area contributed by atoms with Crippen LogP contribution in [0.15, 0.2) is 53.4 Å². The van der Waals surface area contributed by atoms with E-state index in [2.05, 4.69) is 0 Å². The summed E-state index contributed by atoms with van der Waals surface area (Å²) in [4.78, 5) is 14.7. The number of benzene rings is 2. The van der Waals surface area contributed by atoms with Gasteiger partial charge in [0.25, 0.3) is 5.91 Å². The Labute approximate surface area is 164 Å². The highest BCUT2D eigenvalue weighted by Crippen LogP contribution is 2.27. The van der Waals surface area contributed by atoms with Gasteiger partial charge in [-0.1, -0.05) is 18.2 Å². The molecule has 0 N–H and O–H groups in total. The fourth-order valence-electron chi connectivity index (χ4n) is 3.16. The van der Waals surface area contributed by atoms with Crippen LogP contribution >= 0.6 is 11.3 Å². The summed E-state index contributed by atoms with van der Waals surface area (Å²) in [5.74, 6) is -2.44. The molecule has 1 aliphatic rings. The quantitative estimate of drug-likeness (QED) is 0.651. The van der Waals surface area contributed by atoms with Crippen molar-refractivity contribution in [2.75, 3.05) is 26.2 Å². The Morgan fingerprint density at radius 1 is 0.929 bits per heavy atom. The van der Waals surface area contributed by atoms with Gasteiger partial charge < -0.3 is 4.90 Å². The SMILES string of the molecule is O=C(c1cc2ccccc2s1)N1CCN(S(=O)(=O)c2ccc(F)c(F)c2)CC1. The molecule has 0 bridgehead atoms. The molecule has 1 aliphatic heterocycles. The molecule has 28 heavy (non-hydrogen) atoms. The second-order valence-electron chi connectivity index (χ2n) is 6.42. The lowest BCUT2D eigenvalue weighted by molar-refractivity contribution is 0.0703. The zero-order valence-electron chi connectivity index (χ0n) is 14.6. The number of hydrogen-bond acceptors (Lipinski definition) is 4. The van der Waals surface area contributed by atoms with Crippen LogP contribution in [0.25, 0.3) is 10.1 Å². The minimum atomic E-state index is -3.94. The minimum Gasteiger partial charge on any atom is -0.335 e. The lowest BCUT2D eigenvalue weighted by Crippen LogP contribution is -2.50. The van der Waals surface area contributed by atoms with Gasteiger partial charge in [-0.2, -0.15) is 4.31 Å². The molecule has 1 saturated heterocycles. The predicted molar refractivity (Wildman–Crippen MR) is 103 cm³/mol. The molecule has 1 aromatic heterocycles. The minimum absolute atomic E-state index is 0.0952. The highest BCUT2D eigenvalue weighted by Gasteiger charge is 2.31. The lowest BCUT2D eigenvalue weighted by Gasteiger charge is -2.33. The van der Waals surface area contributed by atoms with Gasteiger partial charge in [-0.25, -0.2) is 17.2 Å². The predicted octanol–water partition coefficient (Wildman–Crippen LogP) is 3.33. The number of amides is 1. The number of thiophene rings is 1. The number of piperazine rings is 1. The molecule has 3 aromatic rings. The number of carbonyl (C=O) groups is 1. The number of fused-ring (bicyclic) bond motifs is 1. The summed E-state index contributed by atoms with van der Waals surface area (Å²) >= 11 is 1.40. The normalized spacial score (nSPS) is 15.9. The molecule has 0 spiro atoms. The number of carbonyl (C=O) groups excluding carboxylic acids is 1. The third kappa shape index (κ3) is 3.41. The fourth-order valence-corrected chi connectivity index (χ4v) is 5.63. The summed E-state index contributed by atoms with van der Waals surface area (Å²) in [6.07, 6.45) is 0. The Balaban J connectivity index is 1.47. The summed E-state index contributed by atoms with van der Waals surface area (Å²) < 4.78 is 54.0. The molecule has 0 saturated carbocycles. The van der Waals surface area contributed by atoms with Crippen molar-refractivity contribution in [1.29, 1.82) is 0 Å². The number of sulfonamides is 1. The van der Waals surface area contributed by atoms with Gasteiger partial charge in [-0.3, -0.25) is 4.79 Å². The first kappa shape index (κ1) is 19.0. The Hall–Kier alpha value is -2.36. The van der Waals surface area contributed by atoms with Crippen molar-refractivity contribution >= 4 is 37.4 Å². The highest BCUT2D eigenvalue weighted by molar-refractivity contribution is 7.89. The summed E-state index contributed by atoms with van der Waals surface area (Å²) in [6.45, 7) is 0.655. The molecule has 0 unspecified atom stereocenters. The Kier molecular flexibility index (Phi) is 4.90. The maximum atomic E-state index is 13.4. The molecule has 0 aliphatic carbocycles. The molecule has 5 nitrogen and oxygen atoms in total. The van der Waals surface area contributed by atoms with E-state index in [0.29, 0.717) is 10.9 Å². The molecule has 1 fully saturated rings. The Bertz CT molecular complexity index is 1120. The maximum Gasteiger partial charge on any atom is 0.264 e. The van der Waals surface area contributed by atoms with Crippen LogP contribution in [0, 0.1) is 11.6 Å². The second-order valence-corrected chi connectivity index (χ2v) is 9.44. The van der Waals surface area contributed by atoms with Gasteiger partial charge in [0.2, 0.25) is 10.0 Å². The fraction of sp³-hybridized carbons (Fsp3) is 0.211. The Morgan fingerprint density at radius 2 is 1.64 bits per heavy atom. The standard InChI is InChI=1S/C19H16F2N2O3S2/c20-15-6-5-14(12-16(15)21)28(25,26)23-9-7-22(8-10-23)19(24)18-11-13-3-1-2-4-17(13)27-18/h1-6,11-12H,7-10H2. The van der Waals surface area contributed by atoms with Crippen molar-refractivity contribution < 1.29 is 22.0 Å². The summed E-state index contributed by atoms with van der Waals surface area (Å²) in [6, 6.07) is 12.1. The zero-order valence-corrected chi connectivity index (χ0v) is 16.3. The van der Waals surface area contributed by atoms with Gasteiger partial charge >= 0.3 is 0 Å². The number of hydrogen-bond donors (Lipinski definition) is 0. The molecule has 9 heteroatoms. The zero-order chi connectivity index (χ0) is 19.9. The number of nitrogens with zero attached hydrogens (tertiary/aromatic N) is 2. The van der Waals surface area contributed by atoms with Gasteiger partial charge in [0.05, 0.1) is 9.77 Å². The average Bonchev–Trinajstić information content (AvgIpc) is 3.13. The average molecular weight is 422 g/mol. The van der Waals surface area contributed by atoms with Crippen LogP contribution in [0.4, 0.5) is 8.78 Å². The summed E-state index contributed by atoms with van der Waals surface area (Å²) in [5.41, 5.74) is 0. The third-order valence-corrected chi connectivity index (χ3v) is 7.69. The van der Waals surface area contributed by atoms with E-state index in [1.165, 1.54) is 15.6 Å². The van der Waals surface area contributed by atoms with E-state index >= 15 is 0 Å². The van der Waals surface area contributed by atoms with Crippen molar-refractivity contribution in [3.05, 3.63) is 65.0 Å². The van der Waals surface area contributed by atoms with E-state index in [4.69, 9.17) is 0 Å². The van der Waals surface area contributed by atoms with Crippen molar-refractivity contribution in [2.24, 2.45) is 0 Å². The van der Waals surface area contributed by atoms with E-state index in [9.17, 15) is 22.0 Å². The maximum absolute atomic E-state index is 13.4. The van der Waals surface area contributed by atoms with Gasteiger partial charge in [-0.05, 0) is 35.7 Å². The van der Waals surface area contributed by atoms with Gasteiger partial charge in [0.1, 0.15) is 0 Å². The van der Waals surface area contributed by atoms with Gasteiger partial charge in [-0.15, -0.1) is 11.3 Å². The first-order valence-corrected chi connectivity index (χ1v) is 10.8. The molecule has 1 amide bonds. The van der Waals surface area contributed by atoms with Crippen molar-refractivity contribution in [3.8, 4) is 0 Å². The molecule has 146 valence electrons. The van der Waals surface area contributed by atoms with Crippen LogP contribution in [0.3, 0.4) is 0 Å². The van der Waals surface area contributed by atoms with E-state index in [-0.39, 0.29) is 37.0 Å². The van der Waals surface area contributed by atoms with Crippen LogP contribution in [-0.2, 0) is 10.0 Å². The van der Waals surface area contributed by atoms with Crippen LogP contribution in [-0.4, -0.2) is 49.7 Å². The Morgan fingerprint density at radius 3 is 2.32 bits per heavy atom. The smallest absolute Gasteiger partial charge is 0.264 e. The molecule has 4 rings (SSSR count). The van der Waals surface area contributed by atoms with E-state index in [0.717, 1.165) is 22.2 Å². The highest BCUT2D eigenvalue weighted by atomic mass is 32.2. The second kappa shape index (κ2) is 7.23. The van der Waals surface area contributed by atoms with E-state index in [1.807, 2.05) is 30.3 Å². The molecule has 2 heterocycles. The van der Waals surface area contributed by atoms with E-state index < -0.39 is 21.7 Å². The van der Waals surface area contributed by atoms with Gasteiger partial charge in [0, 0.05) is 30.9 Å². The summed E-state index contributed by atoms with van der Waals surface area (Å²) in [7, 11) is -3.94. The van der Waals surface area contributed by atoms with Crippen molar-refractivity contribution in [2.45, 2.75) is 4.90 Å². The molecule has 0 radical (unpaired) electrons. The first-order chi connectivity index (χ1) is 13.4. The third-order valence-electron chi connectivity index (χ3n) is 4.69. The van der Waals surface area contributed by atoms with Gasteiger partial charge in [0.15, 0.2) is 11.6 Å². The van der Waals surface area contributed by atoms with Crippen LogP contribution in [0.2, 0.25) is 0 Å². The van der Waals surface area contributed by atoms with Crippen LogP contribution in [0.1, 0.15) is 9.67 Å². The molecular formula is C19H16F2N2O3S2. The largest absolute Gasteiger partial charge is 0.335 e.